The minimum absolute atomic E-state index is 0.00835. The molecule has 0 radical (unpaired) electrons. The molecule has 2 heterocycles. The minimum atomic E-state index is -4.24. The maximum absolute atomic E-state index is 12.8. The van der Waals surface area contributed by atoms with Gasteiger partial charge in [-0.1, -0.05) is 0 Å². The van der Waals surface area contributed by atoms with Crippen LogP contribution in [0.3, 0.4) is 0 Å². The van der Waals surface area contributed by atoms with Gasteiger partial charge in [-0.25, -0.2) is 4.79 Å². The summed E-state index contributed by atoms with van der Waals surface area (Å²) < 4.78 is 46.9. The Morgan fingerprint density at radius 1 is 1.55 bits per heavy atom. The number of methoxy groups -OCH3 is 1. The summed E-state index contributed by atoms with van der Waals surface area (Å²) in [6.07, 6.45) is -3.73. The molecule has 0 saturated carbocycles. The van der Waals surface area contributed by atoms with Gasteiger partial charge in [0.1, 0.15) is 10.6 Å². The Bertz CT molecular complexity index is 504. The first kappa shape index (κ1) is 14.9. The third kappa shape index (κ3) is 2.82. The van der Waals surface area contributed by atoms with Crippen LogP contribution in [-0.4, -0.2) is 36.7 Å². The van der Waals surface area contributed by atoms with Crippen molar-refractivity contribution in [2.75, 3.05) is 30.8 Å². The van der Waals surface area contributed by atoms with Gasteiger partial charge in [0.15, 0.2) is 5.82 Å². The third-order valence-electron chi connectivity index (χ3n) is 3.26. The molecule has 1 fully saturated rings. The van der Waals surface area contributed by atoms with Gasteiger partial charge in [-0.05, 0) is 24.4 Å². The zero-order valence-corrected chi connectivity index (χ0v) is 11.6. The summed E-state index contributed by atoms with van der Waals surface area (Å²) in [5.41, 5.74) is 5.65. The molecule has 9 heteroatoms. The quantitative estimate of drug-likeness (QED) is 0.849. The van der Waals surface area contributed by atoms with Gasteiger partial charge < -0.3 is 15.4 Å². The number of alkyl halides is 3. The van der Waals surface area contributed by atoms with Crippen LogP contribution < -0.4 is 10.6 Å². The van der Waals surface area contributed by atoms with E-state index in [9.17, 15) is 18.0 Å². The second-order valence-corrected chi connectivity index (χ2v) is 5.32. The first-order chi connectivity index (χ1) is 9.34. The maximum Gasteiger partial charge on any atom is 0.393 e. The van der Waals surface area contributed by atoms with Crippen LogP contribution in [0, 0.1) is 5.92 Å². The Kier molecular flexibility index (Phi) is 4.07. The highest BCUT2D eigenvalue weighted by atomic mass is 32.1. The molecule has 1 aliphatic heterocycles. The molecule has 5 nitrogen and oxygen atoms in total. The largest absolute Gasteiger partial charge is 0.465 e. The van der Waals surface area contributed by atoms with Gasteiger partial charge in [-0.15, -0.1) is 0 Å². The van der Waals surface area contributed by atoms with Crippen molar-refractivity contribution in [2.45, 2.75) is 19.0 Å². The molecule has 1 atom stereocenters. The van der Waals surface area contributed by atoms with Gasteiger partial charge in [-0.2, -0.15) is 17.5 Å². The SMILES string of the molecule is COC(=O)c1c(N)nsc1N1CCCC(C(F)(F)F)C1. The van der Waals surface area contributed by atoms with Crippen molar-refractivity contribution in [1.82, 2.24) is 4.37 Å². The van der Waals surface area contributed by atoms with Gasteiger partial charge in [0.25, 0.3) is 0 Å². The van der Waals surface area contributed by atoms with Crippen molar-refractivity contribution >= 4 is 28.3 Å². The number of nitrogen functional groups attached to an aromatic ring is 1. The van der Waals surface area contributed by atoms with E-state index in [1.807, 2.05) is 0 Å². The fourth-order valence-corrected chi connectivity index (χ4v) is 3.07. The summed E-state index contributed by atoms with van der Waals surface area (Å²) in [6, 6.07) is 0. The summed E-state index contributed by atoms with van der Waals surface area (Å²) in [5.74, 6) is -2.09. The van der Waals surface area contributed by atoms with E-state index in [0.29, 0.717) is 18.0 Å². The Hall–Kier alpha value is -1.51. The number of esters is 1. The first-order valence-electron chi connectivity index (χ1n) is 5.99. The van der Waals surface area contributed by atoms with Gasteiger partial charge in [0.2, 0.25) is 0 Å². The summed E-state index contributed by atoms with van der Waals surface area (Å²) in [6.45, 7) is 0.257. The van der Waals surface area contributed by atoms with E-state index in [4.69, 9.17) is 5.73 Å². The second-order valence-electron chi connectivity index (χ2n) is 4.57. The highest BCUT2D eigenvalue weighted by Gasteiger charge is 2.42. The number of hydrogen-bond donors (Lipinski definition) is 1. The van der Waals surface area contributed by atoms with Crippen LogP contribution in [0.5, 0.6) is 0 Å². The van der Waals surface area contributed by atoms with Gasteiger partial charge in [-0.3, -0.25) is 0 Å². The number of nitrogens with two attached hydrogens (primary N) is 1. The molecule has 1 aromatic heterocycles. The molecule has 0 spiro atoms. The summed E-state index contributed by atoms with van der Waals surface area (Å²) in [7, 11) is 1.19. The molecule has 1 saturated heterocycles. The number of nitrogens with zero attached hydrogens (tertiary/aromatic N) is 2. The predicted molar refractivity (Wildman–Crippen MR) is 68.9 cm³/mol. The fourth-order valence-electron chi connectivity index (χ4n) is 2.23. The average Bonchev–Trinajstić information content (AvgIpc) is 2.79. The van der Waals surface area contributed by atoms with E-state index >= 15 is 0 Å². The van der Waals surface area contributed by atoms with Crippen LogP contribution in [0.1, 0.15) is 23.2 Å². The van der Waals surface area contributed by atoms with E-state index in [1.54, 1.807) is 0 Å². The molecular formula is C11H14F3N3O2S. The highest BCUT2D eigenvalue weighted by Crippen LogP contribution is 2.38. The number of carbonyl (C=O) groups excluding carboxylic acids is 1. The van der Waals surface area contributed by atoms with Crippen molar-refractivity contribution in [2.24, 2.45) is 5.92 Å². The number of aromatic nitrogens is 1. The zero-order valence-electron chi connectivity index (χ0n) is 10.7. The van der Waals surface area contributed by atoms with E-state index in [0.717, 1.165) is 11.5 Å². The Labute approximate surface area is 117 Å². The molecule has 0 amide bonds. The normalized spacial score (nSPS) is 20.0. The second kappa shape index (κ2) is 5.47. The average molecular weight is 309 g/mol. The lowest BCUT2D eigenvalue weighted by Crippen LogP contribution is -2.41. The van der Waals surface area contributed by atoms with Crippen LogP contribution in [-0.2, 0) is 4.74 Å². The predicted octanol–water partition coefficient (Wildman–Crippen LogP) is 2.29. The van der Waals surface area contributed by atoms with E-state index in [1.165, 1.54) is 12.0 Å². The van der Waals surface area contributed by atoms with Crippen molar-refractivity contribution in [3.05, 3.63) is 5.56 Å². The van der Waals surface area contributed by atoms with E-state index in [2.05, 4.69) is 9.11 Å². The standard InChI is InChI=1S/C11H14F3N3O2S/c1-19-10(18)7-8(15)16-20-9(7)17-4-2-3-6(5-17)11(12,13)14/h6H,2-5H2,1H3,(H2,15,16). The summed E-state index contributed by atoms with van der Waals surface area (Å²) >= 11 is 0.922. The molecule has 2 N–H and O–H groups in total. The molecule has 20 heavy (non-hydrogen) atoms. The highest BCUT2D eigenvalue weighted by molar-refractivity contribution is 7.11. The summed E-state index contributed by atoms with van der Waals surface area (Å²) in [5, 5.41) is 0.350. The van der Waals surface area contributed by atoms with Crippen LogP contribution in [0.15, 0.2) is 0 Å². The van der Waals surface area contributed by atoms with Crippen LogP contribution in [0.25, 0.3) is 0 Å². The molecule has 0 aliphatic carbocycles. The van der Waals surface area contributed by atoms with Gasteiger partial charge in [0, 0.05) is 13.1 Å². The number of rotatable bonds is 2. The van der Waals surface area contributed by atoms with Crippen molar-refractivity contribution < 1.29 is 22.7 Å². The van der Waals surface area contributed by atoms with Crippen molar-refractivity contribution in [3.8, 4) is 0 Å². The molecule has 1 aliphatic rings. The van der Waals surface area contributed by atoms with Crippen LogP contribution in [0.4, 0.5) is 24.0 Å². The zero-order chi connectivity index (χ0) is 14.9. The van der Waals surface area contributed by atoms with Gasteiger partial charge >= 0.3 is 12.1 Å². The molecular weight excluding hydrogens is 295 g/mol. The smallest absolute Gasteiger partial charge is 0.393 e. The molecule has 112 valence electrons. The lowest BCUT2D eigenvalue weighted by atomic mass is 9.97. The van der Waals surface area contributed by atoms with Crippen LogP contribution >= 0.6 is 11.5 Å². The lowest BCUT2D eigenvalue weighted by molar-refractivity contribution is -0.175. The molecule has 1 unspecified atom stereocenters. The van der Waals surface area contributed by atoms with Crippen molar-refractivity contribution in [1.29, 1.82) is 0 Å². The minimum Gasteiger partial charge on any atom is -0.465 e. The maximum atomic E-state index is 12.8. The number of hydrogen-bond acceptors (Lipinski definition) is 6. The Morgan fingerprint density at radius 3 is 2.85 bits per heavy atom. The molecule has 2 rings (SSSR count). The first-order valence-corrected chi connectivity index (χ1v) is 6.77. The number of ether oxygens (including phenoxy) is 1. The molecule has 0 bridgehead atoms. The van der Waals surface area contributed by atoms with E-state index in [-0.39, 0.29) is 24.3 Å². The molecule has 0 aromatic carbocycles. The Balaban J connectivity index is 2.26. The number of halogens is 3. The number of piperidine rings is 1. The summed E-state index contributed by atoms with van der Waals surface area (Å²) in [4.78, 5) is 13.2. The van der Waals surface area contributed by atoms with Crippen LogP contribution in [0.2, 0.25) is 0 Å². The topological polar surface area (TPSA) is 68.5 Å². The number of carbonyl (C=O) groups is 1. The van der Waals surface area contributed by atoms with E-state index < -0.39 is 18.1 Å². The monoisotopic (exact) mass is 309 g/mol. The number of anilines is 2. The molecule has 1 aromatic rings. The van der Waals surface area contributed by atoms with Gasteiger partial charge in [0.05, 0.1) is 13.0 Å². The Morgan fingerprint density at radius 2 is 2.25 bits per heavy atom. The fraction of sp³-hybridized carbons (Fsp3) is 0.636. The third-order valence-corrected chi connectivity index (χ3v) is 4.18. The van der Waals surface area contributed by atoms with Crippen molar-refractivity contribution in [3.63, 3.8) is 0 Å². The lowest BCUT2D eigenvalue weighted by Gasteiger charge is -2.34.